The van der Waals surface area contributed by atoms with Gasteiger partial charge in [-0.3, -0.25) is 9.69 Å². The van der Waals surface area contributed by atoms with Crippen LogP contribution in [-0.2, 0) is 0 Å². The average molecular weight is 328 g/mol. The molecule has 1 fully saturated rings. The van der Waals surface area contributed by atoms with Crippen LogP contribution in [0.5, 0.6) is 0 Å². The van der Waals surface area contributed by atoms with E-state index in [1.54, 1.807) is 18.2 Å². The van der Waals surface area contributed by atoms with E-state index in [9.17, 15) is 4.79 Å². The second-order valence-corrected chi connectivity index (χ2v) is 7.11. The minimum atomic E-state index is 0.0700. The second-order valence-electron chi connectivity index (χ2n) is 6.33. The Labute approximate surface area is 137 Å². The molecule has 3 atom stereocenters. The second kappa shape index (κ2) is 7.13. The van der Waals surface area contributed by atoms with Crippen LogP contribution in [0.4, 0.5) is 0 Å². The first kappa shape index (κ1) is 16.8. The Kier molecular flexibility index (Phi) is 5.70. The Hall–Kier alpha value is -0.570. The highest BCUT2D eigenvalue weighted by Crippen LogP contribution is 2.29. The lowest BCUT2D eigenvalue weighted by Crippen LogP contribution is -2.46. The largest absolute Gasteiger partial charge is 0.300 e. The van der Waals surface area contributed by atoms with Gasteiger partial charge in [0, 0.05) is 31.1 Å². The average Bonchev–Trinajstić information content (AvgIpc) is 2.43. The molecule has 0 saturated carbocycles. The maximum absolute atomic E-state index is 12.4. The maximum Gasteiger partial charge on any atom is 0.165 e. The number of ketones is 1. The van der Waals surface area contributed by atoms with Crippen LogP contribution in [0, 0.1) is 11.8 Å². The van der Waals surface area contributed by atoms with Gasteiger partial charge in [0.05, 0.1) is 10.0 Å². The molecule has 1 aliphatic heterocycles. The van der Waals surface area contributed by atoms with Gasteiger partial charge >= 0.3 is 0 Å². The summed E-state index contributed by atoms with van der Waals surface area (Å²) in [5.74, 6) is 1.44. The maximum atomic E-state index is 12.4. The molecule has 0 bridgehead atoms. The Morgan fingerprint density at radius 3 is 2.71 bits per heavy atom. The summed E-state index contributed by atoms with van der Waals surface area (Å²) < 4.78 is 0. The molecule has 116 valence electrons. The van der Waals surface area contributed by atoms with Crippen molar-refractivity contribution in [3.63, 3.8) is 0 Å². The summed E-state index contributed by atoms with van der Waals surface area (Å²) in [6.45, 7) is 8.70. The fourth-order valence-electron chi connectivity index (χ4n) is 3.23. The van der Waals surface area contributed by atoms with Crippen LogP contribution < -0.4 is 0 Å². The number of likely N-dealkylation sites (tertiary alicyclic amines) is 1. The molecule has 1 saturated heterocycles. The van der Waals surface area contributed by atoms with Crippen LogP contribution in [-0.4, -0.2) is 29.8 Å². The van der Waals surface area contributed by atoms with E-state index in [1.807, 2.05) is 0 Å². The van der Waals surface area contributed by atoms with Crippen LogP contribution in [0.25, 0.3) is 0 Å². The molecule has 1 aliphatic rings. The number of benzene rings is 1. The molecule has 1 aromatic rings. The molecular weight excluding hydrogens is 305 g/mol. The van der Waals surface area contributed by atoms with Crippen LogP contribution in [0.1, 0.15) is 44.0 Å². The van der Waals surface area contributed by atoms with Crippen molar-refractivity contribution in [3.8, 4) is 0 Å². The summed E-state index contributed by atoms with van der Waals surface area (Å²) in [6.07, 6.45) is 1.76. The van der Waals surface area contributed by atoms with Gasteiger partial charge in [0.15, 0.2) is 5.78 Å². The van der Waals surface area contributed by atoms with Crippen molar-refractivity contribution in [2.75, 3.05) is 13.1 Å². The van der Waals surface area contributed by atoms with Crippen molar-refractivity contribution in [3.05, 3.63) is 33.8 Å². The van der Waals surface area contributed by atoms with E-state index in [0.29, 0.717) is 39.9 Å². The first-order valence-corrected chi connectivity index (χ1v) is 8.37. The molecule has 0 spiro atoms. The molecule has 2 rings (SSSR count). The summed E-state index contributed by atoms with van der Waals surface area (Å²) in [5, 5.41) is 0.814. The van der Waals surface area contributed by atoms with Crippen molar-refractivity contribution in [1.29, 1.82) is 0 Å². The number of carbonyl (C=O) groups excluding carboxylic acids is 1. The van der Waals surface area contributed by atoms with E-state index in [2.05, 4.69) is 25.7 Å². The van der Waals surface area contributed by atoms with Gasteiger partial charge in [-0.25, -0.2) is 0 Å². The van der Waals surface area contributed by atoms with Gasteiger partial charge < -0.3 is 0 Å². The molecule has 1 heterocycles. The van der Waals surface area contributed by atoms with E-state index in [0.717, 1.165) is 13.1 Å². The smallest absolute Gasteiger partial charge is 0.165 e. The lowest BCUT2D eigenvalue weighted by molar-refractivity contribution is 0.0721. The molecule has 2 nitrogen and oxygen atoms in total. The summed E-state index contributed by atoms with van der Waals surface area (Å²) in [4.78, 5) is 14.8. The van der Waals surface area contributed by atoms with Crippen molar-refractivity contribution < 1.29 is 4.79 Å². The third kappa shape index (κ3) is 4.00. The van der Waals surface area contributed by atoms with E-state index >= 15 is 0 Å². The van der Waals surface area contributed by atoms with Crippen molar-refractivity contribution in [2.45, 2.75) is 39.7 Å². The number of nitrogens with zero attached hydrogens (tertiary/aromatic N) is 1. The van der Waals surface area contributed by atoms with Gasteiger partial charge in [-0.1, -0.05) is 43.1 Å². The first-order valence-electron chi connectivity index (χ1n) is 7.61. The van der Waals surface area contributed by atoms with Crippen molar-refractivity contribution >= 4 is 29.0 Å². The number of halogens is 2. The first-order chi connectivity index (χ1) is 9.90. The van der Waals surface area contributed by atoms with Crippen LogP contribution in [0.2, 0.25) is 10.0 Å². The molecule has 21 heavy (non-hydrogen) atoms. The van der Waals surface area contributed by atoms with Gasteiger partial charge in [0.1, 0.15) is 0 Å². The van der Waals surface area contributed by atoms with Gasteiger partial charge in [-0.05, 0) is 37.3 Å². The Morgan fingerprint density at radius 2 is 2.00 bits per heavy atom. The van der Waals surface area contributed by atoms with Gasteiger partial charge in [0.2, 0.25) is 0 Å². The van der Waals surface area contributed by atoms with E-state index in [-0.39, 0.29) is 5.78 Å². The van der Waals surface area contributed by atoms with E-state index < -0.39 is 0 Å². The molecule has 0 radical (unpaired) electrons. The summed E-state index contributed by atoms with van der Waals surface area (Å²) in [7, 11) is 0. The molecule has 3 unspecified atom stereocenters. The summed E-state index contributed by atoms with van der Waals surface area (Å²) in [6, 6.07) is 5.76. The SMILES string of the molecule is CC1CC(C)C(C)N(CCC(=O)c2cccc(Cl)c2Cl)C1. The number of hydrogen-bond donors (Lipinski definition) is 0. The fourth-order valence-corrected chi connectivity index (χ4v) is 3.63. The molecular formula is C17H23Cl2NO. The Bertz CT molecular complexity index is 518. The third-order valence-corrected chi connectivity index (χ3v) is 5.42. The number of hydrogen-bond acceptors (Lipinski definition) is 2. The van der Waals surface area contributed by atoms with Crippen LogP contribution in [0.15, 0.2) is 18.2 Å². The number of carbonyl (C=O) groups is 1. The lowest BCUT2D eigenvalue weighted by atomic mass is 9.86. The molecule has 0 aromatic heterocycles. The van der Waals surface area contributed by atoms with Gasteiger partial charge in [-0.2, -0.15) is 0 Å². The summed E-state index contributed by atoms with van der Waals surface area (Å²) >= 11 is 12.1. The van der Waals surface area contributed by atoms with E-state index in [1.165, 1.54) is 6.42 Å². The van der Waals surface area contributed by atoms with Crippen molar-refractivity contribution in [1.82, 2.24) is 4.90 Å². The van der Waals surface area contributed by atoms with Gasteiger partial charge in [0.25, 0.3) is 0 Å². The van der Waals surface area contributed by atoms with Crippen molar-refractivity contribution in [2.24, 2.45) is 11.8 Å². The lowest BCUT2D eigenvalue weighted by Gasteiger charge is -2.41. The zero-order chi connectivity index (χ0) is 15.6. The topological polar surface area (TPSA) is 20.3 Å². The fraction of sp³-hybridized carbons (Fsp3) is 0.588. The monoisotopic (exact) mass is 327 g/mol. The van der Waals surface area contributed by atoms with Gasteiger partial charge in [-0.15, -0.1) is 0 Å². The minimum absolute atomic E-state index is 0.0700. The Balaban J connectivity index is 1.99. The molecule has 4 heteroatoms. The number of piperidine rings is 1. The highest BCUT2D eigenvalue weighted by Gasteiger charge is 2.28. The molecule has 0 aliphatic carbocycles. The normalized spacial score (nSPS) is 26.8. The van der Waals surface area contributed by atoms with E-state index in [4.69, 9.17) is 23.2 Å². The summed E-state index contributed by atoms with van der Waals surface area (Å²) in [5.41, 5.74) is 0.537. The van der Waals surface area contributed by atoms with Crippen LogP contribution >= 0.6 is 23.2 Å². The minimum Gasteiger partial charge on any atom is -0.300 e. The zero-order valence-corrected chi connectivity index (χ0v) is 14.4. The predicted octanol–water partition coefficient (Wildman–Crippen LogP) is 4.93. The predicted molar refractivity (Wildman–Crippen MR) is 89.4 cm³/mol. The quantitative estimate of drug-likeness (QED) is 0.730. The van der Waals surface area contributed by atoms with Crippen LogP contribution in [0.3, 0.4) is 0 Å². The Morgan fingerprint density at radius 1 is 1.29 bits per heavy atom. The third-order valence-electron chi connectivity index (χ3n) is 4.60. The standard InChI is InChI=1S/C17H23Cl2NO/c1-11-9-12(2)13(3)20(10-11)8-7-16(21)14-5-4-6-15(18)17(14)19/h4-6,11-13H,7-10H2,1-3H3. The number of rotatable bonds is 4. The molecule has 0 N–H and O–H groups in total. The zero-order valence-electron chi connectivity index (χ0n) is 12.9. The highest BCUT2D eigenvalue weighted by atomic mass is 35.5. The molecule has 1 aromatic carbocycles. The molecule has 0 amide bonds. The number of Topliss-reactive ketones (excluding diaryl/α,β-unsaturated/α-hetero) is 1. The highest BCUT2D eigenvalue weighted by molar-refractivity contribution is 6.43.